The summed E-state index contributed by atoms with van der Waals surface area (Å²) in [7, 11) is 0. The Morgan fingerprint density at radius 2 is 1.61 bits per heavy atom. The molecular formula is C19H13F2NO. The van der Waals surface area contributed by atoms with Gasteiger partial charge in [0.2, 0.25) is 0 Å². The topological polar surface area (TPSA) is 32.9 Å². The summed E-state index contributed by atoms with van der Waals surface area (Å²) in [6.45, 7) is 0. The number of rotatable bonds is 3. The molecule has 0 fully saturated rings. The first-order valence-electron chi connectivity index (χ1n) is 7.05. The van der Waals surface area contributed by atoms with Crippen LogP contribution in [0.25, 0.3) is 23.1 Å². The minimum Gasteiger partial charge on any atom is -0.321 e. The maximum absolute atomic E-state index is 13.5. The first-order valence-corrected chi connectivity index (χ1v) is 7.05. The number of hydrogen-bond donors (Lipinski definition) is 1. The number of nitrogens with one attached hydrogen (secondary N) is 1. The second kappa shape index (κ2) is 6.40. The minimum absolute atomic E-state index is 0.193. The van der Waals surface area contributed by atoms with Crippen LogP contribution in [0.5, 0.6) is 0 Å². The molecule has 0 unspecified atom stereocenters. The quantitative estimate of drug-likeness (QED) is 0.708. The molecule has 2 nitrogen and oxygen atoms in total. The van der Waals surface area contributed by atoms with Crippen LogP contribution in [0.1, 0.15) is 11.1 Å². The third kappa shape index (κ3) is 3.43. The van der Waals surface area contributed by atoms with Crippen LogP contribution < -0.4 is 5.56 Å². The van der Waals surface area contributed by atoms with Crippen LogP contribution in [-0.4, -0.2) is 4.98 Å². The van der Waals surface area contributed by atoms with E-state index in [4.69, 9.17) is 0 Å². The lowest BCUT2D eigenvalue weighted by atomic mass is 10.1. The van der Waals surface area contributed by atoms with E-state index < -0.39 is 11.6 Å². The van der Waals surface area contributed by atoms with Gasteiger partial charge in [-0.2, -0.15) is 0 Å². The van der Waals surface area contributed by atoms with E-state index in [0.717, 1.165) is 17.0 Å². The van der Waals surface area contributed by atoms with Crippen LogP contribution >= 0.6 is 0 Å². The number of hydrogen-bond acceptors (Lipinski definition) is 1. The van der Waals surface area contributed by atoms with Crippen molar-refractivity contribution in [2.24, 2.45) is 0 Å². The lowest BCUT2D eigenvalue weighted by Crippen LogP contribution is -2.08. The summed E-state index contributed by atoms with van der Waals surface area (Å²) in [6, 6.07) is 12.7. The molecule has 0 radical (unpaired) electrons. The third-order valence-electron chi connectivity index (χ3n) is 3.41. The predicted molar refractivity (Wildman–Crippen MR) is 89.0 cm³/mol. The molecule has 3 aromatic rings. The third-order valence-corrected chi connectivity index (χ3v) is 3.41. The fourth-order valence-corrected chi connectivity index (χ4v) is 2.24. The molecule has 0 saturated heterocycles. The molecule has 0 amide bonds. The number of fused-ring (bicyclic) bond motifs is 1. The van der Waals surface area contributed by atoms with Crippen molar-refractivity contribution in [2.45, 2.75) is 0 Å². The summed E-state index contributed by atoms with van der Waals surface area (Å²) in [5, 5.41) is 0.931. The highest BCUT2D eigenvalue weighted by molar-refractivity contribution is 5.80. The van der Waals surface area contributed by atoms with Crippen LogP contribution in [-0.2, 0) is 0 Å². The minimum atomic E-state index is -0.627. The Morgan fingerprint density at radius 3 is 2.39 bits per heavy atom. The van der Waals surface area contributed by atoms with Gasteiger partial charge < -0.3 is 4.98 Å². The van der Waals surface area contributed by atoms with Gasteiger partial charge in [-0.25, -0.2) is 8.78 Å². The fraction of sp³-hybridized carbons (Fsp3) is 0. The van der Waals surface area contributed by atoms with Crippen molar-refractivity contribution in [1.82, 2.24) is 4.98 Å². The molecule has 1 heterocycles. The highest BCUT2D eigenvalue weighted by Crippen LogP contribution is 2.12. The molecule has 0 aliphatic heterocycles. The monoisotopic (exact) mass is 309 g/mol. The first kappa shape index (κ1) is 14.9. The van der Waals surface area contributed by atoms with Crippen LogP contribution in [0.4, 0.5) is 8.78 Å². The molecule has 0 bridgehead atoms. The maximum atomic E-state index is 13.5. The molecule has 1 N–H and O–H groups in total. The van der Waals surface area contributed by atoms with Gasteiger partial charge in [-0.1, -0.05) is 36.4 Å². The van der Waals surface area contributed by atoms with E-state index in [2.05, 4.69) is 4.98 Å². The fourth-order valence-electron chi connectivity index (χ4n) is 2.24. The van der Waals surface area contributed by atoms with Crippen molar-refractivity contribution >= 4 is 23.1 Å². The zero-order valence-electron chi connectivity index (χ0n) is 12.1. The number of halogens is 2. The van der Waals surface area contributed by atoms with E-state index in [0.29, 0.717) is 5.56 Å². The van der Waals surface area contributed by atoms with Crippen molar-refractivity contribution in [1.29, 1.82) is 0 Å². The van der Waals surface area contributed by atoms with E-state index in [9.17, 15) is 13.6 Å². The number of H-pyrrole nitrogens is 1. The zero-order valence-corrected chi connectivity index (χ0v) is 12.1. The Labute approximate surface area is 131 Å². The van der Waals surface area contributed by atoms with Gasteiger partial charge in [-0.05, 0) is 35.7 Å². The molecule has 114 valence electrons. The maximum Gasteiger partial charge on any atom is 0.255 e. The standard InChI is InChI=1S/C19H13F2NO/c20-16-10-9-13(17(21)12-16)5-1-2-7-15-11-14-6-3-4-8-18(14)22-19(15)23/h1-12H,(H,22,23)/b5-1+,7-2+. The second-order valence-corrected chi connectivity index (χ2v) is 5.03. The van der Waals surface area contributed by atoms with Crippen LogP contribution in [0.3, 0.4) is 0 Å². The van der Waals surface area contributed by atoms with E-state index in [-0.39, 0.29) is 11.1 Å². The molecule has 2 aromatic carbocycles. The van der Waals surface area contributed by atoms with E-state index >= 15 is 0 Å². The molecule has 0 spiro atoms. The van der Waals surface area contributed by atoms with Crippen molar-refractivity contribution in [3.05, 3.63) is 93.8 Å². The van der Waals surface area contributed by atoms with Crippen LogP contribution in [0.2, 0.25) is 0 Å². The molecule has 4 heteroatoms. The molecule has 0 aliphatic carbocycles. The number of aromatic amines is 1. The van der Waals surface area contributed by atoms with Gasteiger partial charge in [-0.15, -0.1) is 0 Å². The van der Waals surface area contributed by atoms with Gasteiger partial charge in [0.1, 0.15) is 11.6 Å². The summed E-state index contributed by atoms with van der Waals surface area (Å²) in [5.74, 6) is -1.24. The Morgan fingerprint density at radius 1 is 0.870 bits per heavy atom. The van der Waals surface area contributed by atoms with E-state index in [1.807, 2.05) is 24.3 Å². The Hall–Kier alpha value is -3.01. The second-order valence-electron chi connectivity index (χ2n) is 5.03. The van der Waals surface area contributed by atoms with Crippen molar-refractivity contribution in [3.63, 3.8) is 0 Å². The normalized spacial score (nSPS) is 11.7. The lowest BCUT2D eigenvalue weighted by molar-refractivity contribution is 0.581. The number of benzene rings is 2. The summed E-state index contributed by atoms with van der Waals surface area (Å²) in [6.07, 6.45) is 6.40. The molecule has 0 saturated carbocycles. The lowest BCUT2D eigenvalue weighted by Gasteiger charge is -1.98. The number of para-hydroxylation sites is 1. The van der Waals surface area contributed by atoms with Crippen molar-refractivity contribution in [3.8, 4) is 0 Å². The molecule has 3 rings (SSSR count). The largest absolute Gasteiger partial charge is 0.321 e. The summed E-state index contributed by atoms with van der Waals surface area (Å²) >= 11 is 0. The highest BCUT2D eigenvalue weighted by Gasteiger charge is 2.00. The predicted octanol–water partition coefficient (Wildman–Crippen LogP) is 4.53. The molecule has 1 aromatic heterocycles. The van der Waals surface area contributed by atoms with Gasteiger partial charge in [0.25, 0.3) is 5.56 Å². The van der Waals surface area contributed by atoms with E-state index in [1.54, 1.807) is 24.3 Å². The Bertz CT molecular complexity index is 971. The summed E-state index contributed by atoms with van der Waals surface area (Å²) < 4.78 is 26.3. The van der Waals surface area contributed by atoms with Crippen LogP contribution in [0.15, 0.2) is 65.5 Å². The Kier molecular flexibility index (Phi) is 4.15. The number of pyridine rings is 1. The van der Waals surface area contributed by atoms with E-state index in [1.165, 1.54) is 18.2 Å². The van der Waals surface area contributed by atoms with Crippen molar-refractivity contribution in [2.75, 3.05) is 0 Å². The summed E-state index contributed by atoms with van der Waals surface area (Å²) in [5.41, 5.74) is 1.37. The van der Waals surface area contributed by atoms with Gasteiger partial charge >= 0.3 is 0 Å². The zero-order chi connectivity index (χ0) is 16.2. The van der Waals surface area contributed by atoms with Gasteiger partial charge in [-0.3, -0.25) is 4.79 Å². The van der Waals surface area contributed by atoms with Gasteiger partial charge in [0.15, 0.2) is 0 Å². The summed E-state index contributed by atoms with van der Waals surface area (Å²) in [4.78, 5) is 14.8. The van der Waals surface area contributed by atoms with Gasteiger partial charge in [0, 0.05) is 22.7 Å². The SMILES string of the molecule is O=c1[nH]c2ccccc2cc1/C=C/C=C/c1ccc(F)cc1F. The molecule has 23 heavy (non-hydrogen) atoms. The molecular weight excluding hydrogens is 296 g/mol. The van der Waals surface area contributed by atoms with Crippen LogP contribution in [0, 0.1) is 11.6 Å². The van der Waals surface area contributed by atoms with Crippen molar-refractivity contribution < 1.29 is 8.78 Å². The number of allylic oxidation sites excluding steroid dienone is 2. The molecule has 0 atom stereocenters. The highest BCUT2D eigenvalue weighted by atomic mass is 19.1. The molecule has 0 aliphatic rings. The average Bonchev–Trinajstić information content (AvgIpc) is 2.53. The number of aromatic nitrogens is 1. The average molecular weight is 309 g/mol. The smallest absolute Gasteiger partial charge is 0.255 e. The Balaban J connectivity index is 1.84. The first-order chi connectivity index (χ1) is 11.1. The van der Waals surface area contributed by atoms with Gasteiger partial charge in [0.05, 0.1) is 0 Å².